The molecule has 0 saturated carbocycles. The highest BCUT2D eigenvalue weighted by Crippen LogP contribution is 2.38. The highest BCUT2D eigenvalue weighted by Gasteiger charge is 2.19. The highest BCUT2D eigenvalue weighted by molar-refractivity contribution is 7.37. The average Bonchev–Trinajstić information content (AvgIpc) is 2.46. The van der Waals surface area contributed by atoms with Crippen molar-refractivity contribution in [1.82, 2.24) is 0 Å². The Labute approximate surface area is 112 Å². The van der Waals surface area contributed by atoms with Gasteiger partial charge in [-0.1, -0.05) is 44.2 Å². The fraction of sp³-hybridized carbons (Fsp3) is 0.250. The molecule has 3 rings (SSSR count). The zero-order chi connectivity index (χ0) is 13.4. The van der Waals surface area contributed by atoms with E-state index >= 15 is 0 Å². The maximum atomic E-state index is 12.2. The topological polar surface area (TPSA) is 30.2 Å². The molecule has 1 aromatic heterocycles. The first-order valence-corrected chi connectivity index (χ1v) is 7.77. The first-order chi connectivity index (χ1) is 9.22. The molecule has 0 bridgehead atoms. The van der Waals surface area contributed by atoms with Gasteiger partial charge in [0.25, 0.3) is 0 Å². The third-order valence-electron chi connectivity index (χ3n) is 3.75. The molecule has 0 saturated heterocycles. The van der Waals surface area contributed by atoms with Crippen LogP contribution in [0.25, 0.3) is 21.5 Å². The summed E-state index contributed by atoms with van der Waals surface area (Å²) in [5.74, 6) is 0.406. The van der Waals surface area contributed by atoms with Crippen LogP contribution in [0.4, 0.5) is 0 Å². The van der Waals surface area contributed by atoms with Crippen LogP contribution in [-0.2, 0) is 4.57 Å². The maximum Gasteiger partial charge on any atom is 0.597 e. The zero-order valence-corrected chi connectivity index (χ0v) is 12.0. The monoisotopic (exact) mass is 271 g/mol. The minimum absolute atomic E-state index is 0.406. The van der Waals surface area contributed by atoms with Gasteiger partial charge >= 0.3 is 7.65 Å². The molecule has 0 amide bonds. The van der Waals surface area contributed by atoms with Crippen molar-refractivity contribution in [3.63, 3.8) is 0 Å². The molecule has 0 aliphatic rings. The molecular formula is C16H16O2P+. The lowest BCUT2D eigenvalue weighted by molar-refractivity contribution is 0.561. The van der Waals surface area contributed by atoms with E-state index in [1.54, 1.807) is 0 Å². The van der Waals surface area contributed by atoms with Gasteiger partial charge in [0.2, 0.25) is 5.12 Å². The Morgan fingerprint density at radius 1 is 1.11 bits per heavy atom. The van der Waals surface area contributed by atoms with Crippen molar-refractivity contribution >= 4 is 29.1 Å². The number of hydrogen-bond donors (Lipinski definition) is 0. The van der Waals surface area contributed by atoms with Crippen molar-refractivity contribution in [3.05, 3.63) is 48.0 Å². The molecule has 96 valence electrons. The average molecular weight is 271 g/mol. The van der Waals surface area contributed by atoms with Crippen LogP contribution < -0.4 is 0 Å². The molecule has 2 aromatic carbocycles. The lowest BCUT2D eigenvalue weighted by atomic mass is 9.96. The van der Waals surface area contributed by atoms with E-state index in [1.165, 1.54) is 0 Å². The molecule has 0 aliphatic heterocycles. The number of hydrogen-bond acceptors (Lipinski definition) is 2. The van der Waals surface area contributed by atoms with E-state index in [0.717, 1.165) is 33.5 Å². The van der Waals surface area contributed by atoms with Crippen molar-refractivity contribution in [3.8, 4) is 0 Å². The molecule has 1 heterocycles. The third kappa shape index (κ3) is 1.97. The van der Waals surface area contributed by atoms with Gasteiger partial charge in [-0.3, -0.25) is 0 Å². The van der Waals surface area contributed by atoms with Crippen LogP contribution in [0, 0.1) is 0 Å². The summed E-state index contributed by atoms with van der Waals surface area (Å²) in [6.45, 7) is 4.33. The van der Waals surface area contributed by atoms with Crippen LogP contribution in [0.15, 0.2) is 46.7 Å². The first-order valence-electron chi connectivity index (χ1n) is 6.60. The summed E-state index contributed by atoms with van der Waals surface area (Å²) in [4.78, 5) is 0. The van der Waals surface area contributed by atoms with Crippen molar-refractivity contribution in [2.45, 2.75) is 26.2 Å². The van der Waals surface area contributed by atoms with E-state index in [-0.39, 0.29) is 0 Å². The Morgan fingerprint density at radius 3 is 2.63 bits per heavy atom. The fourth-order valence-electron chi connectivity index (χ4n) is 2.47. The smallest absolute Gasteiger partial charge is 0.249 e. The van der Waals surface area contributed by atoms with Crippen LogP contribution in [0.2, 0.25) is 0 Å². The summed E-state index contributed by atoms with van der Waals surface area (Å²) >= 11 is 0. The SMILES string of the molecule is CCC(C)c1cccc2c1o[p+](=O)c1ccccc21. The fourth-order valence-corrected chi connectivity index (χ4v) is 3.54. The van der Waals surface area contributed by atoms with Crippen LogP contribution in [-0.4, -0.2) is 0 Å². The summed E-state index contributed by atoms with van der Waals surface area (Å²) in [5, 5.41) is 2.89. The molecule has 0 spiro atoms. The van der Waals surface area contributed by atoms with Gasteiger partial charge in [0.05, 0.1) is 0 Å². The molecule has 2 nitrogen and oxygen atoms in total. The predicted molar refractivity (Wildman–Crippen MR) is 80.0 cm³/mol. The first kappa shape index (κ1) is 12.4. The second-order valence-corrected chi connectivity index (χ2v) is 6.08. The Morgan fingerprint density at radius 2 is 1.84 bits per heavy atom. The second kappa shape index (κ2) is 4.79. The Hall–Kier alpha value is -1.66. The van der Waals surface area contributed by atoms with Gasteiger partial charge in [-0.15, -0.1) is 0 Å². The number of para-hydroxylation sites is 1. The molecule has 2 unspecified atom stereocenters. The summed E-state index contributed by atoms with van der Waals surface area (Å²) in [6, 6.07) is 14.0. The standard InChI is InChI=1S/C16H16O2P/c1-3-11(2)12-8-6-9-14-13-7-4-5-10-15(13)19(17)18-16(12)14/h4-11H,3H2,1-2H3/q+1. The van der Waals surface area contributed by atoms with Gasteiger partial charge < -0.3 is 0 Å². The normalized spacial score (nSPS) is 13.9. The lowest BCUT2D eigenvalue weighted by Gasteiger charge is -2.09. The summed E-state index contributed by atoms with van der Waals surface area (Å²) in [7, 11) is -1.79. The summed E-state index contributed by atoms with van der Waals surface area (Å²) in [5.41, 5.74) is 1.95. The number of benzene rings is 2. The third-order valence-corrected chi connectivity index (χ3v) is 4.89. The van der Waals surface area contributed by atoms with E-state index in [9.17, 15) is 4.57 Å². The zero-order valence-electron chi connectivity index (χ0n) is 11.1. The van der Waals surface area contributed by atoms with Crippen LogP contribution in [0.1, 0.15) is 31.7 Å². The predicted octanol–water partition coefficient (Wildman–Crippen LogP) is 5.84. The Balaban J connectivity index is 2.49. The number of fused-ring (bicyclic) bond motifs is 3. The minimum atomic E-state index is -1.79. The quantitative estimate of drug-likeness (QED) is 0.548. The number of rotatable bonds is 2. The molecule has 0 fully saturated rings. The second-order valence-electron chi connectivity index (χ2n) is 4.90. The maximum absolute atomic E-state index is 12.2. The molecule has 2 atom stereocenters. The van der Waals surface area contributed by atoms with Gasteiger partial charge in [0.15, 0.2) is 5.58 Å². The molecule has 3 heteroatoms. The van der Waals surface area contributed by atoms with E-state index in [4.69, 9.17) is 4.20 Å². The van der Waals surface area contributed by atoms with Crippen LogP contribution in [0.3, 0.4) is 0 Å². The van der Waals surface area contributed by atoms with Crippen LogP contribution >= 0.6 is 7.65 Å². The summed E-state index contributed by atoms with van der Waals surface area (Å²) < 4.78 is 18.0. The molecule has 3 aromatic rings. The van der Waals surface area contributed by atoms with E-state index in [1.807, 2.05) is 30.3 Å². The van der Waals surface area contributed by atoms with Crippen molar-refractivity contribution in [1.29, 1.82) is 0 Å². The van der Waals surface area contributed by atoms with Gasteiger partial charge in [-0.2, -0.15) is 0 Å². The van der Waals surface area contributed by atoms with Crippen molar-refractivity contribution in [2.24, 2.45) is 0 Å². The Kier molecular flexibility index (Phi) is 3.12. The molecule has 19 heavy (non-hydrogen) atoms. The van der Waals surface area contributed by atoms with Crippen molar-refractivity contribution in [2.75, 3.05) is 0 Å². The Bertz CT molecular complexity index is 805. The largest absolute Gasteiger partial charge is 0.597 e. The van der Waals surface area contributed by atoms with Gasteiger partial charge in [-0.25, -0.2) is 4.20 Å². The lowest BCUT2D eigenvalue weighted by Crippen LogP contribution is -1.92. The van der Waals surface area contributed by atoms with E-state index < -0.39 is 7.65 Å². The molecular weight excluding hydrogens is 255 g/mol. The highest BCUT2D eigenvalue weighted by atomic mass is 31.1. The van der Waals surface area contributed by atoms with Crippen molar-refractivity contribution < 1.29 is 8.76 Å². The minimum Gasteiger partial charge on any atom is -0.249 e. The van der Waals surface area contributed by atoms with Gasteiger partial charge in [-0.05, 0) is 29.0 Å². The molecule has 0 radical (unpaired) electrons. The van der Waals surface area contributed by atoms with E-state index in [2.05, 4.69) is 26.0 Å². The van der Waals surface area contributed by atoms with Crippen LogP contribution in [0.5, 0.6) is 0 Å². The molecule has 0 N–H and O–H groups in total. The van der Waals surface area contributed by atoms with E-state index in [0.29, 0.717) is 5.92 Å². The van der Waals surface area contributed by atoms with Gasteiger partial charge in [0.1, 0.15) is 0 Å². The molecule has 0 aliphatic carbocycles. The summed E-state index contributed by atoms with van der Waals surface area (Å²) in [6.07, 6.45) is 1.04. The van der Waals surface area contributed by atoms with Gasteiger partial charge in [0, 0.05) is 16.3 Å².